The maximum atomic E-state index is 13.2. The second kappa shape index (κ2) is 10.3. The molecule has 0 bridgehead atoms. The van der Waals surface area contributed by atoms with Gasteiger partial charge in [-0.05, 0) is 37.6 Å². The molecule has 1 saturated heterocycles. The van der Waals surface area contributed by atoms with Crippen LogP contribution >= 0.6 is 11.8 Å². The van der Waals surface area contributed by atoms with Crippen molar-refractivity contribution in [1.29, 1.82) is 0 Å². The van der Waals surface area contributed by atoms with Crippen molar-refractivity contribution in [3.05, 3.63) is 66.1 Å². The summed E-state index contributed by atoms with van der Waals surface area (Å²) in [5.41, 5.74) is 1.44. The number of nitrogens with one attached hydrogen (secondary N) is 1. The molecule has 11 heteroatoms. The number of carbonyl (C=O) groups excluding carboxylic acids is 3. The molecule has 0 saturated carbocycles. The highest BCUT2D eigenvalue weighted by molar-refractivity contribution is 8.00. The van der Waals surface area contributed by atoms with E-state index in [2.05, 4.69) is 20.5 Å². The number of para-hydroxylation sites is 1. The molecule has 1 aliphatic heterocycles. The molecule has 0 radical (unpaired) electrons. The zero-order valence-electron chi connectivity index (χ0n) is 18.0. The Balaban J connectivity index is 1.34. The number of anilines is 1. The second-order valence-corrected chi connectivity index (χ2v) is 8.30. The Hall–Kier alpha value is -3.73. The zero-order chi connectivity index (χ0) is 23.2. The van der Waals surface area contributed by atoms with E-state index < -0.39 is 0 Å². The Morgan fingerprint density at radius 3 is 2.48 bits per heavy atom. The molecule has 3 aromatic rings. The van der Waals surface area contributed by atoms with Crippen LogP contribution in [0.3, 0.4) is 0 Å². The molecular weight excluding hydrogens is 442 g/mol. The smallest absolute Gasteiger partial charge is 0.294 e. The van der Waals surface area contributed by atoms with Crippen molar-refractivity contribution in [2.45, 2.75) is 13.3 Å². The summed E-state index contributed by atoms with van der Waals surface area (Å²) in [5.74, 6) is -0.189. The summed E-state index contributed by atoms with van der Waals surface area (Å²) in [6.45, 7) is 2.59. The number of rotatable bonds is 7. The van der Waals surface area contributed by atoms with Crippen molar-refractivity contribution >= 4 is 35.3 Å². The summed E-state index contributed by atoms with van der Waals surface area (Å²) < 4.78 is 0. The Bertz CT molecular complexity index is 1140. The van der Waals surface area contributed by atoms with Crippen molar-refractivity contribution in [3.8, 4) is 5.69 Å². The largest absolute Gasteiger partial charge is 0.310 e. The Morgan fingerprint density at radius 2 is 1.73 bits per heavy atom. The molecule has 3 amide bonds. The molecular formula is C22H23N7O3S. The molecule has 10 nitrogen and oxygen atoms in total. The van der Waals surface area contributed by atoms with Gasteiger partial charge in [-0.2, -0.15) is 9.90 Å². The van der Waals surface area contributed by atoms with E-state index in [1.807, 2.05) is 30.3 Å². The van der Waals surface area contributed by atoms with Gasteiger partial charge in [0.2, 0.25) is 5.91 Å². The number of nitrogens with zero attached hydrogens (tertiary/aromatic N) is 6. The Labute approximate surface area is 194 Å². The van der Waals surface area contributed by atoms with Gasteiger partial charge in [0.25, 0.3) is 11.8 Å². The average Bonchev–Trinajstić information content (AvgIpc) is 3.47. The van der Waals surface area contributed by atoms with Crippen molar-refractivity contribution < 1.29 is 14.4 Å². The van der Waals surface area contributed by atoms with Gasteiger partial charge in [0.15, 0.2) is 5.69 Å². The fraction of sp³-hybridized carbons (Fsp3) is 0.273. The maximum absolute atomic E-state index is 13.2. The molecule has 1 fully saturated rings. The van der Waals surface area contributed by atoms with Crippen LogP contribution < -0.4 is 5.32 Å². The molecule has 1 N–H and O–H groups in total. The molecule has 4 rings (SSSR count). The standard InChI is InChI=1S/C22H23N7O3S/c1-16-21(26-29(25-16)17-8-3-2-4-9-17)22(32)28-13-7-12-27(28)20(31)15-33-14-19(30)24-18-10-5-6-11-23-18/h2-6,8-11H,7,12-15H2,1H3,(H,23,24,30). The lowest BCUT2D eigenvalue weighted by Gasteiger charge is -2.27. The number of aromatic nitrogens is 4. The van der Waals surface area contributed by atoms with E-state index >= 15 is 0 Å². The van der Waals surface area contributed by atoms with Gasteiger partial charge in [-0.15, -0.1) is 16.9 Å². The number of aryl methyl sites for hydroxylation is 1. The summed E-state index contributed by atoms with van der Waals surface area (Å²) in [6, 6.07) is 14.5. The highest BCUT2D eigenvalue weighted by Crippen LogP contribution is 2.18. The summed E-state index contributed by atoms with van der Waals surface area (Å²) in [6.07, 6.45) is 2.26. The molecule has 1 aliphatic rings. The fourth-order valence-electron chi connectivity index (χ4n) is 3.38. The second-order valence-electron chi connectivity index (χ2n) is 7.31. The van der Waals surface area contributed by atoms with Gasteiger partial charge in [0.05, 0.1) is 22.9 Å². The van der Waals surface area contributed by atoms with E-state index in [9.17, 15) is 14.4 Å². The molecule has 33 heavy (non-hydrogen) atoms. The van der Waals surface area contributed by atoms with Crippen LogP contribution in [0.4, 0.5) is 5.82 Å². The van der Waals surface area contributed by atoms with Crippen molar-refractivity contribution in [2.24, 2.45) is 0 Å². The first kappa shape index (κ1) is 22.5. The van der Waals surface area contributed by atoms with Crippen LogP contribution in [-0.2, 0) is 9.59 Å². The lowest BCUT2D eigenvalue weighted by Crippen LogP contribution is -2.46. The van der Waals surface area contributed by atoms with Gasteiger partial charge in [-0.1, -0.05) is 24.3 Å². The third kappa shape index (κ3) is 5.37. The van der Waals surface area contributed by atoms with Gasteiger partial charge >= 0.3 is 0 Å². The molecule has 0 aliphatic carbocycles. The topological polar surface area (TPSA) is 113 Å². The molecule has 3 heterocycles. The number of hydrogen-bond acceptors (Lipinski definition) is 7. The quantitative estimate of drug-likeness (QED) is 0.567. The Kier molecular flexibility index (Phi) is 6.98. The number of pyridine rings is 1. The van der Waals surface area contributed by atoms with E-state index in [1.165, 1.54) is 26.6 Å². The van der Waals surface area contributed by atoms with Crippen LogP contribution in [-0.4, -0.2) is 72.3 Å². The molecule has 2 aromatic heterocycles. The van der Waals surface area contributed by atoms with E-state index in [0.717, 1.165) is 5.69 Å². The van der Waals surface area contributed by atoms with Crippen molar-refractivity contribution in [1.82, 2.24) is 30.0 Å². The normalized spacial score (nSPS) is 13.2. The van der Waals surface area contributed by atoms with Gasteiger partial charge in [0, 0.05) is 19.3 Å². The summed E-state index contributed by atoms with van der Waals surface area (Å²) in [4.78, 5) is 43.4. The number of amides is 3. The first-order valence-corrected chi connectivity index (χ1v) is 11.6. The number of hydrogen-bond donors (Lipinski definition) is 1. The van der Waals surface area contributed by atoms with Crippen LogP contribution in [0.15, 0.2) is 54.7 Å². The highest BCUT2D eigenvalue weighted by atomic mass is 32.2. The SMILES string of the molecule is Cc1nn(-c2ccccc2)nc1C(=O)N1CCCN1C(=O)CSCC(=O)Nc1ccccn1. The molecule has 0 atom stereocenters. The van der Waals surface area contributed by atoms with Gasteiger partial charge in [-0.25, -0.2) is 9.99 Å². The van der Waals surface area contributed by atoms with Crippen LogP contribution in [0.25, 0.3) is 5.69 Å². The molecule has 0 unspecified atom stereocenters. The van der Waals surface area contributed by atoms with Gasteiger partial charge < -0.3 is 5.32 Å². The van der Waals surface area contributed by atoms with E-state index in [0.29, 0.717) is 31.0 Å². The summed E-state index contributed by atoms with van der Waals surface area (Å²) in [7, 11) is 0. The molecule has 170 valence electrons. The van der Waals surface area contributed by atoms with Gasteiger partial charge in [0.1, 0.15) is 5.82 Å². The summed E-state index contributed by atoms with van der Waals surface area (Å²) in [5, 5.41) is 14.2. The number of carbonyl (C=O) groups is 3. The van der Waals surface area contributed by atoms with Crippen LogP contribution in [0, 0.1) is 6.92 Å². The number of thioether (sulfide) groups is 1. The minimum Gasteiger partial charge on any atom is -0.310 e. The first-order valence-electron chi connectivity index (χ1n) is 10.4. The average molecular weight is 466 g/mol. The van der Waals surface area contributed by atoms with Crippen molar-refractivity contribution in [2.75, 3.05) is 29.9 Å². The predicted molar refractivity (Wildman–Crippen MR) is 124 cm³/mol. The lowest BCUT2D eigenvalue weighted by molar-refractivity contribution is -0.137. The van der Waals surface area contributed by atoms with E-state index in [1.54, 1.807) is 31.3 Å². The van der Waals surface area contributed by atoms with Gasteiger partial charge in [-0.3, -0.25) is 19.4 Å². The lowest BCUT2D eigenvalue weighted by atomic mass is 10.3. The van der Waals surface area contributed by atoms with Crippen LogP contribution in [0.5, 0.6) is 0 Å². The first-order chi connectivity index (χ1) is 16.0. The van der Waals surface area contributed by atoms with Crippen LogP contribution in [0.2, 0.25) is 0 Å². The molecule has 0 spiro atoms. The third-order valence-electron chi connectivity index (χ3n) is 4.92. The van der Waals surface area contributed by atoms with Crippen molar-refractivity contribution in [3.63, 3.8) is 0 Å². The number of benzene rings is 1. The summed E-state index contributed by atoms with van der Waals surface area (Å²) >= 11 is 1.19. The van der Waals surface area contributed by atoms with E-state index in [4.69, 9.17) is 0 Å². The van der Waals surface area contributed by atoms with E-state index in [-0.39, 0.29) is 34.9 Å². The third-order valence-corrected chi connectivity index (χ3v) is 5.83. The zero-order valence-corrected chi connectivity index (χ0v) is 18.9. The minimum atomic E-state index is -0.363. The molecule has 1 aromatic carbocycles. The predicted octanol–water partition coefficient (Wildman–Crippen LogP) is 1.93. The monoisotopic (exact) mass is 465 g/mol. The van der Waals surface area contributed by atoms with Crippen LogP contribution in [0.1, 0.15) is 22.6 Å². The fourth-order valence-corrected chi connectivity index (χ4v) is 4.06. The maximum Gasteiger partial charge on any atom is 0.294 e. The highest BCUT2D eigenvalue weighted by Gasteiger charge is 2.33. The number of hydrazine groups is 1. The Morgan fingerprint density at radius 1 is 0.970 bits per heavy atom. The minimum absolute atomic E-state index is 0.0785.